The number of phenols is 1. The average Bonchev–Trinajstić information content (AvgIpc) is 2.28. The Hall–Kier alpha value is -2.45. The van der Waals surface area contributed by atoms with Crippen LogP contribution in [-0.2, 0) is 0 Å². The number of rotatable bonds is 2. The van der Waals surface area contributed by atoms with Crippen LogP contribution in [0.5, 0.6) is 5.75 Å². The number of hydrogen-bond acceptors (Lipinski definition) is 2. The van der Waals surface area contributed by atoms with Crippen molar-refractivity contribution in [3.63, 3.8) is 0 Å². The van der Waals surface area contributed by atoms with Gasteiger partial charge < -0.3 is 10.6 Å². The summed E-state index contributed by atoms with van der Waals surface area (Å²) < 4.78 is 0. The summed E-state index contributed by atoms with van der Waals surface area (Å²) in [6.07, 6.45) is 0.754. The molecule has 2 rings (SSSR count). The standard InChI is InChI=1S/C12H8N2O2/c13-14-7-12(16)10-5-8-3-1-2-4-9(8)6-11(10)15/h1-7,15H. The van der Waals surface area contributed by atoms with Crippen LogP contribution in [0.4, 0.5) is 0 Å². The van der Waals surface area contributed by atoms with Crippen LogP contribution >= 0.6 is 0 Å². The quantitative estimate of drug-likeness (QED) is 0.358. The minimum atomic E-state index is -0.536. The number of carbonyl (C=O) groups excluding carboxylic acids is 1. The second kappa shape index (κ2) is 3.96. The predicted octanol–water partition coefficient (Wildman–Crippen LogP) is 2.03. The molecule has 0 unspecified atom stereocenters. The highest BCUT2D eigenvalue weighted by molar-refractivity contribution is 6.34. The van der Waals surface area contributed by atoms with Gasteiger partial charge in [0.25, 0.3) is 5.78 Å². The van der Waals surface area contributed by atoms with Gasteiger partial charge in [-0.1, -0.05) is 24.3 Å². The van der Waals surface area contributed by atoms with E-state index in [2.05, 4.69) is 4.79 Å². The van der Waals surface area contributed by atoms with Crippen molar-refractivity contribution in [3.05, 3.63) is 47.5 Å². The van der Waals surface area contributed by atoms with Gasteiger partial charge in [-0.05, 0) is 22.9 Å². The number of fused-ring (bicyclic) bond motifs is 1. The SMILES string of the molecule is [N-]=[N+]=CC(=O)c1cc2ccccc2cc1O. The Morgan fingerprint density at radius 2 is 1.88 bits per heavy atom. The molecule has 0 aromatic heterocycles. The zero-order valence-corrected chi connectivity index (χ0v) is 8.29. The molecule has 2 aromatic carbocycles. The zero-order valence-electron chi connectivity index (χ0n) is 8.29. The second-order valence-electron chi connectivity index (χ2n) is 3.33. The first kappa shape index (κ1) is 10.1. The molecular weight excluding hydrogens is 204 g/mol. The van der Waals surface area contributed by atoms with E-state index in [0.29, 0.717) is 0 Å². The van der Waals surface area contributed by atoms with Gasteiger partial charge in [-0.15, -0.1) is 0 Å². The summed E-state index contributed by atoms with van der Waals surface area (Å²) in [6.45, 7) is 0. The third-order valence-corrected chi connectivity index (χ3v) is 2.30. The maximum absolute atomic E-state index is 11.4. The summed E-state index contributed by atoms with van der Waals surface area (Å²) in [6, 6.07) is 10.4. The lowest BCUT2D eigenvalue weighted by molar-refractivity contribution is 0.00232. The smallest absolute Gasteiger partial charge is 0.328 e. The number of carbonyl (C=O) groups is 1. The van der Waals surface area contributed by atoms with Gasteiger partial charge in [-0.2, -0.15) is 4.79 Å². The van der Waals surface area contributed by atoms with Crippen LogP contribution in [0.2, 0.25) is 0 Å². The van der Waals surface area contributed by atoms with Crippen molar-refractivity contribution < 1.29 is 14.7 Å². The van der Waals surface area contributed by atoms with Gasteiger partial charge in [0.1, 0.15) is 5.75 Å². The van der Waals surface area contributed by atoms with E-state index in [4.69, 9.17) is 5.53 Å². The third-order valence-electron chi connectivity index (χ3n) is 2.30. The molecule has 0 saturated heterocycles. The molecule has 1 N–H and O–H groups in total. The predicted molar refractivity (Wildman–Crippen MR) is 59.6 cm³/mol. The summed E-state index contributed by atoms with van der Waals surface area (Å²) in [5.74, 6) is -0.658. The van der Waals surface area contributed by atoms with Crippen molar-refractivity contribution in [1.82, 2.24) is 0 Å². The van der Waals surface area contributed by atoms with Crippen LogP contribution in [0.1, 0.15) is 10.4 Å². The molecule has 4 nitrogen and oxygen atoms in total. The molecule has 0 heterocycles. The summed E-state index contributed by atoms with van der Waals surface area (Å²) in [5.41, 5.74) is 8.39. The first-order valence-electron chi connectivity index (χ1n) is 4.66. The fraction of sp³-hybridized carbons (Fsp3) is 0. The highest BCUT2D eigenvalue weighted by Crippen LogP contribution is 2.24. The first-order valence-corrected chi connectivity index (χ1v) is 4.66. The van der Waals surface area contributed by atoms with Gasteiger partial charge in [0.2, 0.25) is 0 Å². The lowest BCUT2D eigenvalue weighted by Crippen LogP contribution is -2.01. The van der Waals surface area contributed by atoms with E-state index in [0.717, 1.165) is 17.0 Å². The molecule has 16 heavy (non-hydrogen) atoms. The minimum absolute atomic E-state index is 0.122. The molecular formula is C12H8N2O2. The molecule has 0 saturated carbocycles. The zero-order chi connectivity index (χ0) is 11.5. The maximum Gasteiger partial charge on any atom is 0.328 e. The van der Waals surface area contributed by atoms with Crippen LogP contribution in [-0.4, -0.2) is 21.9 Å². The maximum atomic E-state index is 11.4. The number of phenolic OH excluding ortho intramolecular Hbond substituents is 1. The van der Waals surface area contributed by atoms with Crippen LogP contribution < -0.4 is 0 Å². The van der Waals surface area contributed by atoms with Crippen molar-refractivity contribution >= 4 is 22.8 Å². The van der Waals surface area contributed by atoms with E-state index in [1.807, 2.05) is 24.3 Å². The van der Waals surface area contributed by atoms with Crippen molar-refractivity contribution in [2.75, 3.05) is 0 Å². The fourth-order valence-corrected chi connectivity index (χ4v) is 1.55. The van der Waals surface area contributed by atoms with Gasteiger partial charge in [0.15, 0.2) is 0 Å². The Labute approximate surface area is 91.4 Å². The van der Waals surface area contributed by atoms with Crippen molar-refractivity contribution in [2.24, 2.45) is 0 Å². The largest absolute Gasteiger partial charge is 0.507 e. The molecule has 0 bridgehead atoms. The number of benzene rings is 2. The summed E-state index contributed by atoms with van der Waals surface area (Å²) >= 11 is 0. The average molecular weight is 212 g/mol. The number of ketones is 1. The van der Waals surface area contributed by atoms with Gasteiger partial charge in [0, 0.05) is 0 Å². The molecule has 0 spiro atoms. The molecule has 4 heteroatoms. The monoisotopic (exact) mass is 212 g/mol. The molecule has 0 aliphatic rings. The molecule has 0 atom stereocenters. The van der Waals surface area contributed by atoms with E-state index in [9.17, 15) is 9.90 Å². The highest BCUT2D eigenvalue weighted by atomic mass is 16.3. The number of nitrogens with zero attached hydrogens (tertiary/aromatic N) is 2. The van der Waals surface area contributed by atoms with Gasteiger partial charge in [-0.25, -0.2) is 0 Å². The fourth-order valence-electron chi connectivity index (χ4n) is 1.55. The Morgan fingerprint density at radius 3 is 2.50 bits per heavy atom. The summed E-state index contributed by atoms with van der Waals surface area (Å²) in [4.78, 5) is 14.1. The molecule has 0 amide bonds. The van der Waals surface area contributed by atoms with E-state index in [1.54, 1.807) is 6.07 Å². The van der Waals surface area contributed by atoms with Crippen LogP contribution in [0.3, 0.4) is 0 Å². The van der Waals surface area contributed by atoms with E-state index in [1.165, 1.54) is 6.07 Å². The Bertz CT molecular complexity index is 613. The number of aromatic hydroxyl groups is 1. The Balaban J connectivity index is 2.67. The summed E-state index contributed by atoms with van der Waals surface area (Å²) in [5, 5.41) is 11.3. The van der Waals surface area contributed by atoms with Gasteiger partial charge in [-0.3, -0.25) is 4.79 Å². The van der Waals surface area contributed by atoms with Crippen LogP contribution in [0.25, 0.3) is 16.3 Å². The Morgan fingerprint density at radius 1 is 1.25 bits per heavy atom. The van der Waals surface area contributed by atoms with Gasteiger partial charge >= 0.3 is 6.21 Å². The molecule has 2 aromatic rings. The highest BCUT2D eigenvalue weighted by Gasteiger charge is 2.13. The van der Waals surface area contributed by atoms with Gasteiger partial charge in [0.05, 0.1) is 5.56 Å². The van der Waals surface area contributed by atoms with E-state index < -0.39 is 5.78 Å². The number of hydrogen-bond donors (Lipinski definition) is 1. The topological polar surface area (TPSA) is 73.7 Å². The lowest BCUT2D eigenvalue weighted by Gasteiger charge is -2.02. The molecule has 0 aliphatic heterocycles. The molecule has 0 aliphatic carbocycles. The van der Waals surface area contributed by atoms with E-state index in [-0.39, 0.29) is 11.3 Å². The lowest BCUT2D eigenvalue weighted by atomic mass is 10.0. The normalized spacial score (nSPS) is 9.75. The van der Waals surface area contributed by atoms with Crippen LogP contribution in [0, 0.1) is 0 Å². The van der Waals surface area contributed by atoms with Crippen molar-refractivity contribution in [1.29, 1.82) is 0 Å². The second-order valence-corrected chi connectivity index (χ2v) is 3.33. The Kier molecular flexibility index (Phi) is 2.50. The molecule has 0 fully saturated rings. The summed E-state index contributed by atoms with van der Waals surface area (Å²) in [7, 11) is 0. The number of Topliss-reactive ketones (excluding diaryl/α,β-unsaturated/α-hetero) is 1. The first-order chi connectivity index (χ1) is 7.72. The van der Waals surface area contributed by atoms with Crippen LogP contribution in [0.15, 0.2) is 36.4 Å². The molecule has 78 valence electrons. The minimum Gasteiger partial charge on any atom is -0.507 e. The van der Waals surface area contributed by atoms with Crippen molar-refractivity contribution in [2.45, 2.75) is 0 Å². The van der Waals surface area contributed by atoms with E-state index >= 15 is 0 Å². The molecule has 0 radical (unpaired) electrons. The van der Waals surface area contributed by atoms with Crippen molar-refractivity contribution in [3.8, 4) is 5.75 Å². The third kappa shape index (κ3) is 1.69.